The van der Waals surface area contributed by atoms with E-state index in [1.54, 1.807) is 0 Å². The van der Waals surface area contributed by atoms with Crippen molar-refractivity contribution in [2.24, 2.45) is 0 Å². The van der Waals surface area contributed by atoms with Gasteiger partial charge in [-0.2, -0.15) is 0 Å². The lowest BCUT2D eigenvalue weighted by Gasteiger charge is -2.34. The third-order valence-corrected chi connectivity index (χ3v) is 11.9. The molecule has 0 saturated heterocycles. The number of para-hydroxylation sites is 3. The van der Waals surface area contributed by atoms with E-state index in [0.717, 1.165) is 67.6 Å². The topological polar surface area (TPSA) is 21.7 Å². The number of hydrogen-bond acceptors (Lipinski definition) is 3. The van der Waals surface area contributed by atoms with Crippen molar-refractivity contribution in [3.63, 3.8) is 0 Å². The second-order valence-corrected chi connectivity index (χ2v) is 15.2. The van der Waals surface area contributed by atoms with Crippen LogP contribution in [0, 0.1) is 0 Å². The Labute approximate surface area is 337 Å². The number of fused-ring (bicyclic) bond motifs is 7. The third-order valence-electron chi connectivity index (χ3n) is 11.9. The highest BCUT2D eigenvalue weighted by molar-refractivity contribution is 6.98. The molecule has 270 valence electrons. The first-order valence-electron chi connectivity index (χ1n) is 19.9. The van der Waals surface area contributed by atoms with Gasteiger partial charge in [0.15, 0.2) is 0 Å². The maximum absolute atomic E-state index is 7.12. The van der Waals surface area contributed by atoms with Crippen LogP contribution in [0.5, 0.6) is 23.0 Å². The van der Waals surface area contributed by atoms with E-state index in [2.05, 4.69) is 211 Å². The van der Waals surface area contributed by atoms with Crippen molar-refractivity contribution in [1.29, 1.82) is 0 Å². The SMILES string of the molecule is c1ccc(N(c2ccccc2)c2ccc3c(c2)Oc2cc(-c4c5ccccc5c(-c5ccc6ccccc6c5)c5ccccc45)cc4c2B3c2ccccc2O4)cc1. The lowest BCUT2D eigenvalue weighted by molar-refractivity contribution is 0.465. The normalized spacial score (nSPS) is 12.4. The summed E-state index contributed by atoms with van der Waals surface area (Å²) in [6.45, 7) is -0.0486. The average Bonchev–Trinajstić information content (AvgIpc) is 3.28. The van der Waals surface area contributed by atoms with Crippen LogP contribution in [0.15, 0.2) is 206 Å². The van der Waals surface area contributed by atoms with Gasteiger partial charge in [-0.1, -0.05) is 146 Å². The Morgan fingerprint density at radius 2 is 0.845 bits per heavy atom. The highest BCUT2D eigenvalue weighted by Gasteiger charge is 2.41. The fourth-order valence-corrected chi connectivity index (χ4v) is 9.41. The quantitative estimate of drug-likeness (QED) is 0.130. The second kappa shape index (κ2) is 13.0. The maximum Gasteiger partial charge on any atom is 0.260 e. The molecule has 0 unspecified atom stereocenters. The van der Waals surface area contributed by atoms with Crippen LogP contribution in [0.3, 0.4) is 0 Å². The number of ether oxygens (including phenoxy) is 2. The first kappa shape index (κ1) is 32.7. The summed E-state index contributed by atoms with van der Waals surface area (Å²) in [4.78, 5) is 2.29. The summed E-state index contributed by atoms with van der Waals surface area (Å²) in [6.07, 6.45) is 0. The molecule has 0 atom stereocenters. The van der Waals surface area contributed by atoms with E-state index in [-0.39, 0.29) is 6.71 Å². The fraction of sp³-hybridized carbons (Fsp3) is 0. The van der Waals surface area contributed by atoms with Gasteiger partial charge in [0.25, 0.3) is 6.71 Å². The summed E-state index contributed by atoms with van der Waals surface area (Å²) >= 11 is 0. The summed E-state index contributed by atoms with van der Waals surface area (Å²) in [5.41, 5.74) is 11.2. The van der Waals surface area contributed by atoms with E-state index < -0.39 is 0 Å². The van der Waals surface area contributed by atoms with Crippen molar-refractivity contribution in [2.45, 2.75) is 0 Å². The lowest BCUT2D eigenvalue weighted by atomic mass is 9.35. The molecule has 2 heterocycles. The highest BCUT2D eigenvalue weighted by atomic mass is 16.5. The molecule has 0 radical (unpaired) electrons. The van der Waals surface area contributed by atoms with Gasteiger partial charge in [-0.25, -0.2) is 0 Å². The van der Waals surface area contributed by atoms with Gasteiger partial charge in [-0.05, 0) is 120 Å². The van der Waals surface area contributed by atoms with Crippen LogP contribution in [0.25, 0.3) is 54.6 Å². The minimum atomic E-state index is -0.0486. The van der Waals surface area contributed by atoms with E-state index in [1.807, 2.05) is 0 Å². The molecule has 0 bridgehead atoms. The Kier molecular flexibility index (Phi) is 7.33. The van der Waals surface area contributed by atoms with Gasteiger partial charge in [-0.3, -0.25) is 0 Å². The van der Waals surface area contributed by atoms with Crippen LogP contribution in [0.1, 0.15) is 0 Å². The zero-order chi connectivity index (χ0) is 38.2. The van der Waals surface area contributed by atoms with Crippen molar-refractivity contribution in [1.82, 2.24) is 0 Å². The molecule has 3 nitrogen and oxygen atoms in total. The van der Waals surface area contributed by atoms with Crippen LogP contribution in [-0.4, -0.2) is 6.71 Å². The number of anilines is 3. The Balaban J connectivity index is 1.07. The van der Waals surface area contributed by atoms with E-state index in [9.17, 15) is 0 Å². The Morgan fingerprint density at radius 3 is 1.50 bits per heavy atom. The minimum Gasteiger partial charge on any atom is -0.458 e. The molecule has 0 aliphatic carbocycles. The molecule has 10 aromatic rings. The Bertz CT molecular complexity index is 3160. The largest absolute Gasteiger partial charge is 0.458 e. The summed E-state index contributed by atoms with van der Waals surface area (Å²) in [7, 11) is 0. The molecule has 0 spiro atoms. The molecular formula is C54H34BNO2. The molecule has 0 saturated carbocycles. The standard InChI is InChI=1S/C54H34BNO2/c1-3-17-39(18-4-1)56(40-19-5-2-6-20-40)41-29-30-47-49(34-41)58-51-33-38(32-50-54(51)55(47)46-25-13-14-26-48(46)57-50)53-44-23-11-9-21-42(44)52(43-22-10-12-24-45(43)53)37-28-27-35-15-7-8-16-36(35)31-37/h1-34H. The van der Waals surface area contributed by atoms with Gasteiger partial charge in [0.2, 0.25) is 0 Å². The smallest absolute Gasteiger partial charge is 0.260 e. The van der Waals surface area contributed by atoms with E-state index in [1.165, 1.54) is 43.4 Å². The monoisotopic (exact) mass is 739 g/mol. The van der Waals surface area contributed by atoms with Crippen LogP contribution in [-0.2, 0) is 0 Å². The van der Waals surface area contributed by atoms with E-state index in [4.69, 9.17) is 9.47 Å². The number of rotatable bonds is 5. The molecule has 58 heavy (non-hydrogen) atoms. The van der Waals surface area contributed by atoms with Crippen LogP contribution in [0.4, 0.5) is 17.1 Å². The van der Waals surface area contributed by atoms with Crippen LogP contribution < -0.4 is 30.8 Å². The fourth-order valence-electron chi connectivity index (χ4n) is 9.41. The zero-order valence-corrected chi connectivity index (χ0v) is 31.5. The van der Waals surface area contributed by atoms with Gasteiger partial charge < -0.3 is 14.4 Å². The van der Waals surface area contributed by atoms with E-state index >= 15 is 0 Å². The first-order chi connectivity index (χ1) is 28.8. The van der Waals surface area contributed by atoms with E-state index in [0.29, 0.717) is 0 Å². The molecular weight excluding hydrogens is 705 g/mol. The maximum atomic E-state index is 7.12. The molecule has 0 N–H and O–H groups in total. The van der Waals surface area contributed by atoms with Gasteiger partial charge in [-0.15, -0.1) is 0 Å². The summed E-state index contributed by atoms with van der Waals surface area (Å²) in [6, 6.07) is 73.7. The molecule has 0 aromatic heterocycles. The first-order valence-corrected chi connectivity index (χ1v) is 19.9. The van der Waals surface area contributed by atoms with Crippen molar-refractivity contribution in [3.8, 4) is 45.3 Å². The minimum absolute atomic E-state index is 0.0486. The molecule has 10 aromatic carbocycles. The predicted molar refractivity (Wildman–Crippen MR) is 242 cm³/mol. The number of hydrogen-bond donors (Lipinski definition) is 0. The van der Waals surface area contributed by atoms with Gasteiger partial charge in [0, 0.05) is 28.6 Å². The molecule has 2 aliphatic rings. The molecule has 0 amide bonds. The van der Waals surface area contributed by atoms with Gasteiger partial charge in [0.05, 0.1) is 0 Å². The summed E-state index contributed by atoms with van der Waals surface area (Å²) in [5.74, 6) is 3.35. The summed E-state index contributed by atoms with van der Waals surface area (Å²) in [5, 5.41) is 7.25. The molecule has 0 fully saturated rings. The molecule has 4 heteroatoms. The van der Waals surface area contributed by atoms with Crippen molar-refractivity contribution >= 4 is 72.5 Å². The van der Waals surface area contributed by atoms with Gasteiger partial charge in [0.1, 0.15) is 23.0 Å². The third kappa shape index (κ3) is 5.08. The van der Waals surface area contributed by atoms with Gasteiger partial charge >= 0.3 is 0 Å². The van der Waals surface area contributed by atoms with Crippen molar-refractivity contribution in [2.75, 3.05) is 4.90 Å². The van der Waals surface area contributed by atoms with Crippen LogP contribution in [0.2, 0.25) is 0 Å². The predicted octanol–water partition coefficient (Wildman–Crippen LogP) is 12.7. The highest BCUT2D eigenvalue weighted by Crippen LogP contribution is 2.47. The van der Waals surface area contributed by atoms with Crippen molar-refractivity contribution < 1.29 is 9.47 Å². The lowest BCUT2D eigenvalue weighted by Crippen LogP contribution is -2.57. The average molecular weight is 740 g/mol. The zero-order valence-electron chi connectivity index (χ0n) is 31.5. The number of nitrogens with zero attached hydrogens (tertiary/aromatic N) is 1. The summed E-state index contributed by atoms with van der Waals surface area (Å²) < 4.78 is 14.0. The Morgan fingerprint density at radius 1 is 0.328 bits per heavy atom. The number of benzene rings is 10. The van der Waals surface area contributed by atoms with Crippen molar-refractivity contribution in [3.05, 3.63) is 206 Å². The molecule has 2 aliphatic heterocycles. The van der Waals surface area contributed by atoms with Crippen LogP contribution >= 0.6 is 0 Å². The second-order valence-electron chi connectivity index (χ2n) is 15.2. The Hall–Kier alpha value is -7.56. The molecule has 12 rings (SSSR count).